The third-order valence-electron chi connectivity index (χ3n) is 3.39. The number of nitrogens with zero attached hydrogens (tertiary/aromatic N) is 1. The summed E-state index contributed by atoms with van der Waals surface area (Å²) in [6.07, 6.45) is 3.31. The van der Waals surface area contributed by atoms with Gasteiger partial charge in [0.1, 0.15) is 0 Å². The molecule has 1 amide bonds. The van der Waals surface area contributed by atoms with E-state index in [1.54, 1.807) is 31.4 Å². The van der Waals surface area contributed by atoms with Gasteiger partial charge in [-0.05, 0) is 30.7 Å². The summed E-state index contributed by atoms with van der Waals surface area (Å²) >= 11 is 6.21. The Kier molecular flexibility index (Phi) is 6.10. The fourth-order valence-electron chi connectivity index (χ4n) is 2.28. The molecule has 1 heterocycles. The summed E-state index contributed by atoms with van der Waals surface area (Å²) in [4.78, 5) is 13.9. The molecule has 120 valence electrons. The molecular weight excluding hydrogens is 304 g/mol. The molecule has 22 heavy (non-hydrogen) atoms. The molecule has 0 bridgehead atoms. The molecule has 0 spiro atoms. The number of carbonyl (C=O) groups excluding carboxylic acids is 1. The Labute approximate surface area is 135 Å². The zero-order chi connectivity index (χ0) is 15.9. The van der Waals surface area contributed by atoms with Gasteiger partial charge in [-0.1, -0.05) is 11.6 Å². The fourth-order valence-corrected chi connectivity index (χ4v) is 2.55. The van der Waals surface area contributed by atoms with Gasteiger partial charge in [0.25, 0.3) is 0 Å². The molecule has 1 fully saturated rings. The molecule has 0 aromatic heterocycles. The smallest absolute Gasteiger partial charge is 0.246 e. The summed E-state index contributed by atoms with van der Waals surface area (Å²) < 4.78 is 10.8. The van der Waals surface area contributed by atoms with Crippen LogP contribution >= 0.6 is 11.6 Å². The van der Waals surface area contributed by atoms with Crippen molar-refractivity contribution in [3.05, 3.63) is 28.8 Å². The molecule has 1 aliphatic heterocycles. The zero-order valence-corrected chi connectivity index (χ0v) is 13.7. The van der Waals surface area contributed by atoms with Gasteiger partial charge in [-0.15, -0.1) is 0 Å². The van der Waals surface area contributed by atoms with Gasteiger partial charge >= 0.3 is 0 Å². The number of carbonyl (C=O) groups is 1. The van der Waals surface area contributed by atoms with Crippen molar-refractivity contribution in [3.63, 3.8) is 0 Å². The van der Waals surface area contributed by atoms with Crippen LogP contribution in [0.25, 0.3) is 6.08 Å². The number of amides is 1. The maximum atomic E-state index is 12.1. The Morgan fingerprint density at radius 1 is 1.41 bits per heavy atom. The van der Waals surface area contributed by atoms with Crippen LogP contribution in [0.3, 0.4) is 0 Å². The Balaban J connectivity index is 2.13. The third-order valence-corrected chi connectivity index (χ3v) is 3.67. The highest BCUT2D eigenvalue weighted by molar-refractivity contribution is 6.32. The lowest BCUT2D eigenvalue weighted by atomic mass is 10.1. The number of rotatable bonds is 5. The Bertz CT molecular complexity index is 555. The van der Waals surface area contributed by atoms with E-state index >= 15 is 0 Å². The minimum Gasteiger partial charge on any atom is -0.493 e. The van der Waals surface area contributed by atoms with Crippen LogP contribution in [0.4, 0.5) is 0 Å². The van der Waals surface area contributed by atoms with E-state index in [0.717, 1.165) is 31.7 Å². The van der Waals surface area contributed by atoms with Crippen molar-refractivity contribution < 1.29 is 14.3 Å². The molecule has 0 aliphatic carbocycles. The van der Waals surface area contributed by atoms with Crippen LogP contribution < -0.4 is 14.8 Å². The quantitative estimate of drug-likeness (QED) is 0.844. The van der Waals surface area contributed by atoms with E-state index in [9.17, 15) is 4.79 Å². The summed E-state index contributed by atoms with van der Waals surface area (Å²) in [5, 5.41) is 3.69. The molecule has 1 N–H and O–H groups in total. The molecule has 2 rings (SSSR count). The van der Waals surface area contributed by atoms with Gasteiger partial charge in [0.2, 0.25) is 5.91 Å². The average Bonchev–Trinajstić information content (AvgIpc) is 2.55. The van der Waals surface area contributed by atoms with Crippen molar-refractivity contribution in [3.8, 4) is 11.5 Å². The van der Waals surface area contributed by atoms with Crippen molar-refractivity contribution in [2.75, 3.05) is 39.9 Å². The summed E-state index contributed by atoms with van der Waals surface area (Å²) in [5.41, 5.74) is 0.800. The molecule has 6 heteroatoms. The van der Waals surface area contributed by atoms with E-state index in [1.165, 1.54) is 0 Å². The van der Waals surface area contributed by atoms with Gasteiger partial charge in [0, 0.05) is 32.3 Å². The SMILES string of the molecule is CCOc1c(Cl)cc(C=CC(=O)N2CCNCC2)cc1OC. The Morgan fingerprint density at radius 2 is 2.14 bits per heavy atom. The van der Waals surface area contributed by atoms with Gasteiger partial charge in [-0.2, -0.15) is 0 Å². The number of methoxy groups -OCH3 is 1. The van der Waals surface area contributed by atoms with Crippen LogP contribution in [0.5, 0.6) is 11.5 Å². The highest BCUT2D eigenvalue weighted by atomic mass is 35.5. The highest BCUT2D eigenvalue weighted by Crippen LogP contribution is 2.36. The summed E-state index contributed by atoms with van der Waals surface area (Å²) in [5.74, 6) is 1.09. The van der Waals surface area contributed by atoms with Crippen molar-refractivity contribution in [2.24, 2.45) is 0 Å². The normalized spacial score (nSPS) is 15.1. The lowest BCUT2D eigenvalue weighted by Crippen LogP contribution is -2.45. The molecule has 1 aromatic carbocycles. The molecule has 0 saturated carbocycles. The van der Waals surface area contributed by atoms with Crippen LogP contribution in [0, 0.1) is 0 Å². The van der Waals surface area contributed by atoms with Gasteiger partial charge in [0.05, 0.1) is 18.7 Å². The zero-order valence-electron chi connectivity index (χ0n) is 12.9. The molecule has 0 radical (unpaired) electrons. The number of benzene rings is 1. The van der Waals surface area contributed by atoms with E-state index < -0.39 is 0 Å². The first-order chi connectivity index (χ1) is 10.7. The predicted octanol–water partition coefficient (Wildman–Crippen LogP) is 2.19. The molecular formula is C16H21ClN2O3. The average molecular weight is 325 g/mol. The Morgan fingerprint density at radius 3 is 2.77 bits per heavy atom. The first-order valence-electron chi connectivity index (χ1n) is 7.33. The summed E-state index contributed by atoms with van der Waals surface area (Å²) in [6.45, 7) is 5.53. The minimum absolute atomic E-state index is 0.00507. The molecule has 0 unspecified atom stereocenters. The van der Waals surface area contributed by atoms with Crippen LogP contribution in [0.1, 0.15) is 12.5 Å². The molecule has 5 nitrogen and oxygen atoms in total. The second-order valence-corrected chi connectivity index (χ2v) is 5.28. The van der Waals surface area contributed by atoms with Crippen LogP contribution in [-0.4, -0.2) is 50.7 Å². The predicted molar refractivity (Wildman–Crippen MR) is 87.7 cm³/mol. The molecule has 1 saturated heterocycles. The second-order valence-electron chi connectivity index (χ2n) is 4.88. The standard InChI is InChI=1S/C16H21ClN2O3/c1-3-22-16-13(17)10-12(11-14(16)21-2)4-5-15(20)19-8-6-18-7-9-19/h4-5,10-11,18H,3,6-9H2,1-2H3. The summed E-state index contributed by atoms with van der Waals surface area (Å²) in [7, 11) is 1.56. The summed E-state index contributed by atoms with van der Waals surface area (Å²) in [6, 6.07) is 3.56. The fraction of sp³-hybridized carbons (Fsp3) is 0.438. The van der Waals surface area contributed by atoms with Gasteiger partial charge in [0.15, 0.2) is 11.5 Å². The van der Waals surface area contributed by atoms with E-state index in [0.29, 0.717) is 23.1 Å². The topological polar surface area (TPSA) is 50.8 Å². The molecule has 1 aromatic rings. The molecule has 1 aliphatic rings. The van der Waals surface area contributed by atoms with Crippen molar-refractivity contribution in [1.82, 2.24) is 10.2 Å². The van der Waals surface area contributed by atoms with E-state index in [4.69, 9.17) is 21.1 Å². The number of hydrogen-bond acceptors (Lipinski definition) is 4. The van der Waals surface area contributed by atoms with E-state index in [1.807, 2.05) is 11.8 Å². The van der Waals surface area contributed by atoms with Crippen LogP contribution in [0.15, 0.2) is 18.2 Å². The van der Waals surface area contributed by atoms with Crippen molar-refractivity contribution in [1.29, 1.82) is 0 Å². The largest absolute Gasteiger partial charge is 0.493 e. The van der Waals surface area contributed by atoms with Gasteiger partial charge in [-0.3, -0.25) is 4.79 Å². The maximum absolute atomic E-state index is 12.1. The number of ether oxygens (including phenoxy) is 2. The molecule has 0 atom stereocenters. The van der Waals surface area contributed by atoms with E-state index in [2.05, 4.69) is 5.32 Å². The monoisotopic (exact) mass is 324 g/mol. The number of nitrogens with one attached hydrogen (secondary N) is 1. The number of halogens is 1. The van der Waals surface area contributed by atoms with Crippen LogP contribution in [0.2, 0.25) is 5.02 Å². The lowest BCUT2D eigenvalue weighted by Gasteiger charge is -2.26. The number of hydrogen-bond donors (Lipinski definition) is 1. The van der Waals surface area contributed by atoms with Gasteiger partial charge < -0.3 is 19.7 Å². The van der Waals surface area contributed by atoms with E-state index in [-0.39, 0.29) is 5.91 Å². The first kappa shape index (κ1) is 16.6. The Hall–Kier alpha value is -1.72. The lowest BCUT2D eigenvalue weighted by molar-refractivity contribution is -0.126. The highest BCUT2D eigenvalue weighted by Gasteiger charge is 2.14. The third kappa shape index (κ3) is 4.15. The van der Waals surface area contributed by atoms with Crippen molar-refractivity contribution in [2.45, 2.75) is 6.92 Å². The maximum Gasteiger partial charge on any atom is 0.246 e. The first-order valence-corrected chi connectivity index (χ1v) is 7.71. The minimum atomic E-state index is 0.00507. The van der Waals surface area contributed by atoms with Gasteiger partial charge in [-0.25, -0.2) is 0 Å². The second kappa shape index (κ2) is 8.06. The van der Waals surface area contributed by atoms with Crippen LogP contribution in [-0.2, 0) is 4.79 Å². The number of piperazine rings is 1. The van der Waals surface area contributed by atoms with Crippen molar-refractivity contribution >= 4 is 23.6 Å².